The number of carbonyl (C=O) groups excluding carboxylic acids is 1. The van der Waals surface area contributed by atoms with E-state index < -0.39 is 0 Å². The van der Waals surface area contributed by atoms with Crippen molar-refractivity contribution in [3.63, 3.8) is 0 Å². The highest BCUT2D eigenvalue weighted by atomic mass is 16.5. The van der Waals surface area contributed by atoms with E-state index in [2.05, 4.69) is 46.7 Å². The van der Waals surface area contributed by atoms with Crippen molar-refractivity contribution in [1.82, 2.24) is 9.47 Å². The quantitative estimate of drug-likeness (QED) is 0.355. The fourth-order valence-electron chi connectivity index (χ4n) is 5.05. The van der Waals surface area contributed by atoms with Crippen LogP contribution in [0.1, 0.15) is 28.5 Å². The SMILES string of the molecule is CCOc1cccc2c1cc(C(=O)N1CCN(c3ccccc3OC)CC1)n2Cc1ccccc1C. The van der Waals surface area contributed by atoms with Crippen LogP contribution >= 0.6 is 0 Å². The van der Waals surface area contributed by atoms with Crippen LogP contribution < -0.4 is 14.4 Å². The Morgan fingerprint density at radius 1 is 0.889 bits per heavy atom. The maximum atomic E-state index is 13.9. The monoisotopic (exact) mass is 483 g/mol. The van der Waals surface area contributed by atoms with Crippen LogP contribution in [0.2, 0.25) is 0 Å². The first-order valence-corrected chi connectivity index (χ1v) is 12.6. The van der Waals surface area contributed by atoms with Crippen LogP contribution in [0.4, 0.5) is 5.69 Å². The molecular formula is C30H33N3O3. The molecule has 1 amide bonds. The largest absolute Gasteiger partial charge is 0.495 e. The van der Waals surface area contributed by atoms with E-state index in [0.29, 0.717) is 31.9 Å². The molecule has 0 aliphatic carbocycles. The number of para-hydroxylation sites is 2. The molecule has 6 heteroatoms. The summed E-state index contributed by atoms with van der Waals surface area (Å²) in [5.41, 5.74) is 5.20. The van der Waals surface area contributed by atoms with Crippen molar-refractivity contribution in [2.24, 2.45) is 0 Å². The van der Waals surface area contributed by atoms with Crippen LogP contribution in [0.5, 0.6) is 11.5 Å². The Labute approximate surface area is 212 Å². The van der Waals surface area contributed by atoms with Crippen molar-refractivity contribution in [2.45, 2.75) is 20.4 Å². The van der Waals surface area contributed by atoms with Gasteiger partial charge in [-0.2, -0.15) is 0 Å². The first-order valence-electron chi connectivity index (χ1n) is 12.6. The fourth-order valence-corrected chi connectivity index (χ4v) is 5.05. The Balaban J connectivity index is 1.46. The molecule has 0 atom stereocenters. The summed E-state index contributed by atoms with van der Waals surface area (Å²) in [6, 6.07) is 24.5. The molecule has 0 spiro atoms. The normalized spacial score (nSPS) is 13.8. The predicted molar refractivity (Wildman–Crippen MR) is 144 cm³/mol. The predicted octanol–water partition coefficient (Wildman–Crippen LogP) is 5.37. The molecule has 1 aliphatic rings. The van der Waals surface area contributed by atoms with Gasteiger partial charge in [0, 0.05) is 38.1 Å². The van der Waals surface area contributed by atoms with Crippen LogP contribution in [0.25, 0.3) is 10.9 Å². The van der Waals surface area contributed by atoms with Crippen molar-refractivity contribution in [2.75, 3.05) is 44.8 Å². The van der Waals surface area contributed by atoms with Gasteiger partial charge in [0.1, 0.15) is 17.2 Å². The number of methoxy groups -OCH3 is 1. The van der Waals surface area contributed by atoms with Gasteiger partial charge in [0.2, 0.25) is 0 Å². The van der Waals surface area contributed by atoms with Crippen LogP contribution in [0.15, 0.2) is 72.8 Å². The summed E-state index contributed by atoms with van der Waals surface area (Å²) < 4.78 is 13.6. The van der Waals surface area contributed by atoms with Crippen LogP contribution in [-0.4, -0.2) is 55.3 Å². The number of rotatable bonds is 7. The number of anilines is 1. The van der Waals surface area contributed by atoms with Crippen molar-refractivity contribution in [1.29, 1.82) is 0 Å². The number of benzene rings is 3. The molecule has 0 unspecified atom stereocenters. The number of nitrogens with zero attached hydrogens (tertiary/aromatic N) is 3. The summed E-state index contributed by atoms with van der Waals surface area (Å²) in [4.78, 5) is 18.2. The number of piperazine rings is 1. The Morgan fingerprint density at radius 2 is 1.61 bits per heavy atom. The van der Waals surface area contributed by atoms with E-state index in [1.807, 2.05) is 54.3 Å². The van der Waals surface area contributed by atoms with Gasteiger partial charge in [-0.05, 0) is 55.3 Å². The second-order valence-corrected chi connectivity index (χ2v) is 9.12. The van der Waals surface area contributed by atoms with Gasteiger partial charge in [-0.15, -0.1) is 0 Å². The standard InChI is InChI=1S/C30H33N3O3/c1-4-36-28-15-9-13-25-24(28)20-27(33(25)21-23-11-6-5-10-22(23)2)30(34)32-18-16-31(17-19-32)26-12-7-8-14-29(26)35-3/h5-15,20H,4,16-19,21H2,1-3H3. The summed E-state index contributed by atoms with van der Waals surface area (Å²) >= 11 is 0. The lowest BCUT2D eigenvalue weighted by molar-refractivity contribution is 0.0737. The smallest absolute Gasteiger partial charge is 0.270 e. The summed E-state index contributed by atoms with van der Waals surface area (Å²) in [6.07, 6.45) is 0. The van der Waals surface area contributed by atoms with Gasteiger partial charge < -0.3 is 23.8 Å². The third kappa shape index (κ3) is 4.51. The second-order valence-electron chi connectivity index (χ2n) is 9.12. The first kappa shape index (κ1) is 23.8. The van der Waals surface area contributed by atoms with E-state index in [1.165, 1.54) is 11.1 Å². The summed E-state index contributed by atoms with van der Waals surface area (Å²) in [7, 11) is 1.70. The van der Waals surface area contributed by atoms with Gasteiger partial charge in [-0.1, -0.05) is 42.5 Å². The van der Waals surface area contributed by atoms with E-state index in [-0.39, 0.29) is 5.91 Å². The third-order valence-electron chi connectivity index (χ3n) is 7.01. The highest BCUT2D eigenvalue weighted by Crippen LogP contribution is 2.32. The van der Waals surface area contributed by atoms with Crippen molar-refractivity contribution >= 4 is 22.5 Å². The molecular weight excluding hydrogens is 450 g/mol. The number of hydrogen-bond acceptors (Lipinski definition) is 4. The molecule has 1 fully saturated rings. The van der Waals surface area contributed by atoms with E-state index in [9.17, 15) is 4.79 Å². The molecule has 5 rings (SSSR count). The van der Waals surface area contributed by atoms with E-state index in [4.69, 9.17) is 9.47 Å². The number of ether oxygens (including phenoxy) is 2. The summed E-state index contributed by atoms with van der Waals surface area (Å²) in [6.45, 7) is 8.14. The minimum Gasteiger partial charge on any atom is -0.495 e. The number of hydrogen-bond donors (Lipinski definition) is 0. The van der Waals surface area contributed by atoms with Crippen molar-refractivity contribution < 1.29 is 14.3 Å². The Hall–Kier alpha value is -3.93. The van der Waals surface area contributed by atoms with Crippen molar-refractivity contribution in [3.05, 3.63) is 89.6 Å². The lowest BCUT2D eigenvalue weighted by Crippen LogP contribution is -2.49. The van der Waals surface area contributed by atoms with Gasteiger partial charge in [0.15, 0.2) is 0 Å². The number of amides is 1. The molecule has 0 radical (unpaired) electrons. The Kier molecular flexibility index (Phi) is 6.85. The average Bonchev–Trinajstić information content (AvgIpc) is 3.29. The Bertz CT molecular complexity index is 1370. The minimum atomic E-state index is 0.0573. The molecule has 0 saturated carbocycles. The molecule has 2 heterocycles. The van der Waals surface area contributed by atoms with Crippen LogP contribution in [0, 0.1) is 6.92 Å². The van der Waals surface area contributed by atoms with E-state index >= 15 is 0 Å². The summed E-state index contributed by atoms with van der Waals surface area (Å²) in [5, 5.41) is 0.976. The number of aromatic nitrogens is 1. The number of fused-ring (bicyclic) bond motifs is 1. The molecule has 186 valence electrons. The molecule has 1 aliphatic heterocycles. The van der Waals surface area contributed by atoms with Crippen LogP contribution in [-0.2, 0) is 6.54 Å². The Morgan fingerprint density at radius 3 is 2.36 bits per heavy atom. The molecule has 0 bridgehead atoms. The van der Waals surface area contributed by atoms with Crippen molar-refractivity contribution in [3.8, 4) is 11.5 Å². The average molecular weight is 484 g/mol. The fraction of sp³-hybridized carbons (Fsp3) is 0.300. The molecule has 6 nitrogen and oxygen atoms in total. The van der Waals surface area contributed by atoms with Gasteiger partial charge in [-0.3, -0.25) is 4.79 Å². The zero-order chi connectivity index (χ0) is 25.1. The maximum absolute atomic E-state index is 13.9. The number of carbonyl (C=O) groups is 1. The highest BCUT2D eigenvalue weighted by Gasteiger charge is 2.27. The topological polar surface area (TPSA) is 46.9 Å². The highest BCUT2D eigenvalue weighted by molar-refractivity contribution is 6.00. The maximum Gasteiger partial charge on any atom is 0.270 e. The zero-order valence-electron chi connectivity index (χ0n) is 21.2. The molecule has 36 heavy (non-hydrogen) atoms. The molecule has 3 aromatic carbocycles. The summed E-state index contributed by atoms with van der Waals surface area (Å²) in [5.74, 6) is 1.73. The molecule has 4 aromatic rings. The second kappa shape index (κ2) is 10.4. The van der Waals surface area contributed by atoms with Gasteiger partial charge in [0.05, 0.1) is 24.9 Å². The van der Waals surface area contributed by atoms with Gasteiger partial charge in [0.25, 0.3) is 5.91 Å². The first-order chi connectivity index (χ1) is 17.6. The van der Waals surface area contributed by atoms with E-state index in [0.717, 1.165) is 41.2 Å². The third-order valence-corrected chi connectivity index (χ3v) is 7.01. The van der Waals surface area contributed by atoms with Crippen LogP contribution in [0.3, 0.4) is 0 Å². The van der Waals surface area contributed by atoms with E-state index in [1.54, 1.807) is 7.11 Å². The molecule has 1 aromatic heterocycles. The zero-order valence-corrected chi connectivity index (χ0v) is 21.2. The lowest BCUT2D eigenvalue weighted by Gasteiger charge is -2.36. The minimum absolute atomic E-state index is 0.0573. The molecule has 1 saturated heterocycles. The lowest BCUT2D eigenvalue weighted by atomic mass is 10.1. The van der Waals surface area contributed by atoms with Gasteiger partial charge in [-0.25, -0.2) is 0 Å². The van der Waals surface area contributed by atoms with Gasteiger partial charge >= 0.3 is 0 Å². The molecule has 0 N–H and O–H groups in total. The number of aryl methyl sites for hydroxylation is 1.